The number of ether oxygens (including phenoxy) is 1. The molecule has 2 aliphatic rings. The van der Waals surface area contributed by atoms with Crippen molar-refractivity contribution in [3.63, 3.8) is 0 Å². The number of benzene rings is 2. The molecule has 6 nitrogen and oxygen atoms in total. The van der Waals surface area contributed by atoms with E-state index in [4.69, 9.17) is 4.74 Å². The first-order valence-electron chi connectivity index (χ1n) is 10.4. The van der Waals surface area contributed by atoms with Crippen molar-refractivity contribution in [3.8, 4) is 0 Å². The summed E-state index contributed by atoms with van der Waals surface area (Å²) < 4.78 is 19.6. The Labute approximate surface area is 179 Å². The molecule has 158 valence electrons. The topological polar surface area (TPSA) is 71.5 Å². The smallest absolute Gasteiger partial charge is 0.419 e. The molecule has 2 aromatic carbocycles. The third-order valence-electron chi connectivity index (χ3n) is 5.99. The van der Waals surface area contributed by atoms with E-state index in [1.807, 2.05) is 30.3 Å². The second-order valence-electron chi connectivity index (χ2n) is 8.19. The molecule has 2 atom stereocenters. The summed E-state index contributed by atoms with van der Waals surface area (Å²) >= 11 is 0. The van der Waals surface area contributed by atoms with Gasteiger partial charge in [0, 0.05) is 24.3 Å². The van der Waals surface area contributed by atoms with Gasteiger partial charge in [0.2, 0.25) is 0 Å². The molecule has 2 heterocycles. The number of pyridine rings is 1. The van der Waals surface area contributed by atoms with Crippen molar-refractivity contribution >= 4 is 22.9 Å². The van der Waals surface area contributed by atoms with Gasteiger partial charge >= 0.3 is 12.1 Å². The lowest BCUT2D eigenvalue weighted by Gasteiger charge is -2.20. The van der Waals surface area contributed by atoms with E-state index in [0.29, 0.717) is 11.5 Å². The average molecular weight is 419 g/mol. The summed E-state index contributed by atoms with van der Waals surface area (Å²) in [7, 11) is 0. The van der Waals surface area contributed by atoms with Crippen molar-refractivity contribution in [2.45, 2.75) is 44.4 Å². The van der Waals surface area contributed by atoms with Crippen molar-refractivity contribution < 1.29 is 18.7 Å². The Balaban J connectivity index is 1.32. The number of hydrogen-bond acceptors (Lipinski definition) is 4. The second-order valence-corrected chi connectivity index (χ2v) is 8.19. The van der Waals surface area contributed by atoms with E-state index in [-0.39, 0.29) is 12.4 Å². The highest BCUT2D eigenvalue weighted by molar-refractivity contribution is 5.93. The lowest BCUT2D eigenvalue weighted by atomic mass is 9.99. The highest BCUT2D eigenvalue weighted by atomic mass is 19.1. The van der Waals surface area contributed by atoms with Crippen LogP contribution in [0.2, 0.25) is 0 Å². The molecule has 3 aromatic rings. The number of halogens is 1. The number of fused-ring (bicyclic) bond motifs is 1. The molecule has 1 saturated carbocycles. The van der Waals surface area contributed by atoms with Crippen LogP contribution in [-0.2, 0) is 11.3 Å². The Kier molecular flexibility index (Phi) is 4.81. The maximum absolute atomic E-state index is 14.1. The van der Waals surface area contributed by atoms with Crippen LogP contribution in [0.25, 0.3) is 10.8 Å². The minimum Gasteiger partial charge on any atom is -0.439 e. The summed E-state index contributed by atoms with van der Waals surface area (Å²) in [5, 5.41) is 4.75. The molecule has 1 aliphatic carbocycles. The van der Waals surface area contributed by atoms with Crippen LogP contribution >= 0.6 is 0 Å². The minimum atomic E-state index is -0.733. The molecule has 1 aromatic heterocycles. The lowest BCUT2D eigenvalue weighted by Crippen LogP contribution is -2.44. The third-order valence-corrected chi connectivity index (χ3v) is 5.99. The van der Waals surface area contributed by atoms with Crippen LogP contribution < -0.4 is 5.32 Å². The van der Waals surface area contributed by atoms with Crippen LogP contribution in [0.1, 0.15) is 48.5 Å². The number of hydrogen-bond donors (Lipinski definition) is 1. The lowest BCUT2D eigenvalue weighted by molar-refractivity contribution is 0.131. The Morgan fingerprint density at radius 3 is 2.77 bits per heavy atom. The number of nitrogens with one attached hydrogen (secondary N) is 1. The third kappa shape index (κ3) is 3.71. The van der Waals surface area contributed by atoms with Gasteiger partial charge in [-0.25, -0.2) is 18.9 Å². The van der Waals surface area contributed by atoms with Crippen LogP contribution in [0.5, 0.6) is 0 Å². The van der Waals surface area contributed by atoms with Crippen molar-refractivity contribution in [1.29, 1.82) is 0 Å². The molecule has 3 amide bonds. The zero-order valence-electron chi connectivity index (χ0n) is 17.0. The molecule has 0 radical (unpaired) electrons. The van der Waals surface area contributed by atoms with Gasteiger partial charge in [0.15, 0.2) is 0 Å². The summed E-state index contributed by atoms with van der Waals surface area (Å²) in [6, 6.07) is 11.4. The van der Waals surface area contributed by atoms with Gasteiger partial charge in [-0.3, -0.25) is 4.98 Å². The number of urea groups is 1. The summed E-state index contributed by atoms with van der Waals surface area (Å²) in [5.41, 5.74) is 2.35. The van der Waals surface area contributed by atoms with Gasteiger partial charge in [0.1, 0.15) is 11.9 Å². The number of aromatic nitrogens is 1. The molecule has 7 heteroatoms. The minimum absolute atomic E-state index is 0.222. The summed E-state index contributed by atoms with van der Waals surface area (Å²) in [6.45, 7) is 1.95. The number of rotatable bonds is 4. The van der Waals surface area contributed by atoms with E-state index in [2.05, 4.69) is 10.3 Å². The Hall–Kier alpha value is -3.48. The monoisotopic (exact) mass is 419 g/mol. The molecule has 2 fully saturated rings. The molecule has 1 saturated heterocycles. The number of amides is 3. The van der Waals surface area contributed by atoms with Gasteiger partial charge in [-0.2, -0.15) is 0 Å². The van der Waals surface area contributed by atoms with Crippen LogP contribution in [0.15, 0.2) is 54.9 Å². The summed E-state index contributed by atoms with van der Waals surface area (Å²) in [5.74, 6) is 0.0181. The molecule has 1 aliphatic heterocycles. The standard InChI is InChI=1S/C24H22FN3O3/c1-14-22(18-8-17(15-6-7-15)9-20(25)10-18)31-24(30)28(14)23(29)27-13-19-12-26-11-16-4-2-3-5-21(16)19/h2-5,8-12,14-15,22H,6-7,13H2,1H3,(H,27,29)/t14-,22-/m0/s1. The number of carbonyl (C=O) groups excluding carboxylic acids is 2. The van der Waals surface area contributed by atoms with E-state index in [9.17, 15) is 14.0 Å². The van der Waals surface area contributed by atoms with Gasteiger partial charge in [0.25, 0.3) is 0 Å². The fourth-order valence-electron chi connectivity index (χ4n) is 4.21. The van der Waals surface area contributed by atoms with E-state index in [1.165, 1.54) is 12.1 Å². The van der Waals surface area contributed by atoms with Crippen LogP contribution in [0.3, 0.4) is 0 Å². The van der Waals surface area contributed by atoms with Crippen LogP contribution in [0.4, 0.5) is 14.0 Å². The van der Waals surface area contributed by atoms with Crippen LogP contribution in [-0.4, -0.2) is 28.1 Å². The van der Waals surface area contributed by atoms with Crippen molar-refractivity contribution in [1.82, 2.24) is 15.2 Å². The zero-order chi connectivity index (χ0) is 21.5. The first kappa shape index (κ1) is 19.5. The quantitative estimate of drug-likeness (QED) is 0.643. The molecule has 0 spiro atoms. The zero-order valence-corrected chi connectivity index (χ0v) is 17.0. The maximum Gasteiger partial charge on any atom is 0.419 e. The second kappa shape index (κ2) is 7.65. The fourth-order valence-corrected chi connectivity index (χ4v) is 4.21. The van der Waals surface area contributed by atoms with E-state index < -0.39 is 24.3 Å². The predicted octanol–water partition coefficient (Wildman–Crippen LogP) is 5.04. The SMILES string of the molecule is C[C@H]1[C@@H](c2cc(F)cc(C3CC3)c2)OC(=O)N1C(=O)NCc1cncc2ccccc12. The Bertz CT molecular complexity index is 1170. The largest absolute Gasteiger partial charge is 0.439 e. The molecule has 0 bridgehead atoms. The van der Waals surface area contributed by atoms with Gasteiger partial charge in [-0.05, 0) is 59.9 Å². The van der Waals surface area contributed by atoms with Crippen molar-refractivity contribution in [3.05, 3.63) is 77.4 Å². The van der Waals surface area contributed by atoms with Crippen LogP contribution in [0, 0.1) is 5.82 Å². The van der Waals surface area contributed by atoms with Gasteiger partial charge in [-0.1, -0.05) is 30.3 Å². The highest BCUT2D eigenvalue weighted by Gasteiger charge is 2.44. The maximum atomic E-state index is 14.1. The Morgan fingerprint density at radius 2 is 1.97 bits per heavy atom. The summed E-state index contributed by atoms with van der Waals surface area (Å²) in [4.78, 5) is 30.6. The van der Waals surface area contributed by atoms with Gasteiger partial charge in [-0.15, -0.1) is 0 Å². The normalized spacial score (nSPS) is 20.7. The number of imide groups is 1. The van der Waals surface area contributed by atoms with E-state index >= 15 is 0 Å². The average Bonchev–Trinajstić information content (AvgIpc) is 3.57. The molecular weight excluding hydrogens is 397 g/mol. The first-order chi connectivity index (χ1) is 15.0. The highest BCUT2D eigenvalue weighted by Crippen LogP contribution is 2.42. The molecule has 5 rings (SSSR count). The van der Waals surface area contributed by atoms with Gasteiger partial charge in [0.05, 0.1) is 6.04 Å². The number of nitrogens with zero attached hydrogens (tertiary/aromatic N) is 2. The van der Waals surface area contributed by atoms with E-state index in [1.54, 1.807) is 19.3 Å². The molecule has 31 heavy (non-hydrogen) atoms. The number of cyclic esters (lactones) is 1. The number of carbonyl (C=O) groups is 2. The Morgan fingerprint density at radius 1 is 1.19 bits per heavy atom. The fraction of sp³-hybridized carbons (Fsp3) is 0.292. The van der Waals surface area contributed by atoms with Crippen molar-refractivity contribution in [2.75, 3.05) is 0 Å². The first-order valence-corrected chi connectivity index (χ1v) is 10.4. The van der Waals surface area contributed by atoms with E-state index in [0.717, 1.165) is 39.6 Å². The summed E-state index contributed by atoms with van der Waals surface area (Å²) in [6.07, 6.45) is 4.11. The van der Waals surface area contributed by atoms with Crippen molar-refractivity contribution in [2.24, 2.45) is 0 Å². The molecular formula is C24H22FN3O3. The molecule has 0 unspecified atom stereocenters. The predicted molar refractivity (Wildman–Crippen MR) is 113 cm³/mol. The molecule has 1 N–H and O–H groups in total. The van der Waals surface area contributed by atoms with Gasteiger partial charge < -0.3 is 10.1 Å².